The molecule has 1 heterocycles. The molecule has 0 aliphatic rings. The van der Waals surface area contributed by atoms with E-state index in [1.54, 1.807) is 6.07 Å². The topological polar surface area (TPSA) is 79.0 Å². The normalized spacial score (nSPS) is 11.6. The van der Waals surface area contributed by atoms with E-state index in [4.69, 9.17) is 11.6 Å². The molecule has 0 saturated heterocycles. The summed E-state index contributed by atoms with van der Waals surface area (Å²) in [6, 6.07) is 3.23. The van der Waals surface area contributed by atoms with Crippen LogP contribution in [0.25, 0.3) is 0 Å². The predicted octanol–water partition coefficient (Wildman–Crippen LogP) is 3.27. The smallest absolute Gasteiger partial charge is 0.306 e. The third kappa shape index (κ3) is 3.08. The van der Waals surface area contributed by atoms with Crippen LogP contribution in [0.3, 0.4) is 0 Å². The molecule has 108 valence electrons. The predicted molar refractivity (Wildman–Crippen MR) is 84.4 cm³/mol. The van der Waals surface area contributed by atoms with Gasteiger partial charge in [0.1, 0.15) is 0 Å². The van der Waals surface area contributed by atoms with Gasteiger partial charge < -0.3 is 4.98 Å². The van der Waals surface area contributed by atoms with E-state index in [0.29, 0.717) is 32.2 Å². The van der Waals surface area contributed by atoms with Gasteiger partial charge in [-0.05, 0) is 47.5 Å². The van der Waals surface area contributed by atoms with Gasteiger partial charge in [-0.15, -0.1) is 0 Å². The lowest BCUT2D eigenvalue weighted by atomic mass is 10.2. The number of aromatic nitrogens is 1. The van der Waals surface area contributed by atoms with Crippen LogP contribution in [0.2, 0.25) is 5.02 Å². The van der Waals surface area contributed by atoms with Gasteiger partial charge in [-0.1, -0.05) is 22.9 Å². The van der Waals surface area contributed by atoms with E-state index in [1.165, 1.54) is 13.0 Å². The van der Waals surface area contributed by atoms with E-state index < -0.39 is 14.9 Å². The number of nitrogens with one attached hydrogen (secondary N) is 2. The molecule has 0 spiro atoms. The zero-order chi connectivity index (χ0) is 15.1. The molecule has 0 radical (unpaired) electrons. The number of halogens is 2. The molecule has 5 nitrogen and oxygen atoms in total. The van der Waals surface area contributed by atoms with E-state index in [9.17, 15) is 13.2 Å². The number of sulfonamides is 1. The van der Waals surface area contributed by atoms with E-state index in [2.05, 4.69) is 25.6 Å². The quantitative estimate of drug-likeness (QED) is 0.834. The summed E-state index contributed by atoms with van der Waals surface area (Å²) in [5.74, 6) is 0. The second-order valence-corrected chi connectivity index (χ2v) is 8.24. The van der Waals surface area contributed by atoms with Crippen molar-refractivity contribution in [1.29, 1.82) is 0 Å². The van der Waals surface area contributed by atoms with Gasteiger partial charge in [0.25, 0.3) is 10.0 Å². The van der Waals surface area contributed by atoms with Crippen molar-refractivity contribution in [2.45, 2.75) is 18.1 Å². The van der Waals surface area contributed by atoms with Gasteiger partial charge in [0, 0.05) is 15.2 Å². The third-order valence-corrected chi connectivity index (χ3v) is 6.55. The van der Waals surface area contributed by atoms with Crippen molar-refractivity contribution in [2.75, 3.05) is 4.72 Å². The average Bonchev–Trinajstić information content (AvgIpc) is 2.66. The number of benzene rings is 1. The van der Waals surface area contributed by atoms with Crippen molar-refractivity contribution in [1.82, 2.24) is 4.98 Å². The molecule has 0 fully saturated rings. The van der Waals surface area contributed by atoms with E-state index >= 15 is 0 Å². The summed E-state index contributed by atoms with van der Waals surface area (Å²) in [6.07, 6.45) is 0. The van der Waals surface area contributed by atoms with Gasteiger partial charge >= 0.3 is 4.87 Å². The monoisotopic (exact) mass is 396 g/mol. The Morgan fingerprint density at radius 2 is 2.00 bits per heavy atom. The molecular formula is C11H10BrClN2O3S2. The maximum absolute atomic E-state index is 12.3. The van der Waals surface area contributed by atoms with Crippen molar-refractivity contribution >= 4 is 54.6 Å². The average molecular weight is 398 g/mol. The first-order valence-corrected chi connectivity index (χ1v) is 8.86. The molecule has 1 aromatic carbocycles. The fraction of sp³-hybridized carbons (Fsp3) is 0.182. The first-order valence-electron chi connectivity index (χ1n) is 5.39. The van der Waals surface area contributed by atoms with Crippen LogP contribution in [0, 0.1) is 13.8 Å². The summed E-state index contributed by atoms with van der Waals surface area (Å²) in [7, 11) is -3.83. The molecule has 20 heavy (non-hydrogen) atoms. The third-order valence-electron chi connectivity index (χ3n) is 2.52. The highest BCUT2D eigenvalue weighted by atomic mass is 79.9. The fourth-order valence-corrected chi connectivity index (χ4v) is 4.79. The molecule has 0 atom stereocenters. The Labute approximate surface area is 133 Å². The highest BCUT2D eigenvalue weighted by molar-refractivity contribution is 9.10. The molecular weight excluding hydrogens is 388 g/mol. The van der Waals surface area contributed by atoms with Crippen molar-refractivity contribution in [3.05, 3.63) is 42.6 Å². The Kier molecular flexibility index (Phi) is 4.29. The SMILES string of the molecule is Cc1cc(Br)c(NS(=O)(=O)c2sc(=O)[nH]c2C)cc1Cl. The highest BCUT2D eigenvalue weighted by Crippen LogP contribution is 2.31. The van der Waals surface area contributed by atoms with Gasteiger partial charge in [-0.25, -0.2) is 8.42 Å². The highest BCUT2D eigenvalue weighted by Gasteiger charge is 2.21. The minimum Gasteiger partial charge on any atom is -0.315 e. The van der Waals surface area contributed by atoms with E-state index in [0.717, 1.165) is 5.56 Å². The molecule has 9 heteroatoms. The number of rotatable bonds is 3. The molecule has 2 rings (SSSR count). The molecule has 2 N–H and O–H groups in total. The van der Waals surface area contributed by atoms with Crippen molar-refractivity contribution < 1.29 is 8.42 Å². The van der Waals surface area contributed by atoms with E-state index in [1.807, 2.05) is 6.92 Å². The number of aromatic amines is 1. The summed E-state index contributed by atoms with van der Waals surface area (Å²) in [5.41, 5.74) is 1.45. The van der Waals surface area contributed by atoms with Gasteiger partial charge in [0.05, 0.1) is 5.69 Å². The largest absolute Gasteiger partial charge is 0.315 e. The van der Waals surface area contributed by atoms with Gasteiger partial charge in [-0.3, -0.25) is 9.52 Å². The minimum absolute atomic E-state index is 0.0360. The van der Waals surface area contributed by atoms with Crippen LogP contribution in [0.1, 0.15) is 11.3 Å². The second-order valence-electron chi connectivity index (χ2n) is 4.11. The van der Waals surface area contributed by atoms with Gasteiger partial charge in [0.2, 0.25) is 0 Å². The lowest BCUT2D eigenvalue weighted by molar-refractivity contribution is 0.602. The van der Waals surface area contributed by atoms with Crippen LogP contribution in [-0.2, 0) is 10.0 Å². The zero-order valence-corrected chi connectivity index (χ0v) is 14.4. The van der Waals surface area contributed by atoms with Crippen molar-refractivity contribution in [3.63, 3.8) is 0 Å². The van der Waals surface area contributed by atoms with Gasteiger partial charge in [0.15, 0.2) is 4.21 Å². The number of hydrogen-bond acceptors (Lipinski definition) is 4. The maximum Gasteiger partial charge on any atom is 0.306 e. The molecule has 0 amide bonds. The van der Waals surface area contributed by atoms with Crippen LogP contribution in [0.15, 0.2) is 25.6 Å². The summed E-state index contributed by atoms with van der Waals surface area (Å²) in [4.78, 5) is 13.2. The summed E-state index contributed by atoms with van der Waals surface area (Å²) in [5, 5.41) is 0.449. The first-order chi connectivity index (χ1) is 9.20. The summed E-state index contributed by atoms with van der Waals surface area (Å²) < 4.78 is 27.5. The Hall–Kier alpha value is -0.830. The molecule has 0 unspecified atom stereocenters. The number of thiazole rings is 1. The lowest BCUT2D eigenvalue weighted by Crippen LogP contribution is -2.13. The molecule has 1 aromatic heterocycles. The minimum atomic E-state index is -3.83. The Bertz CT molecular complexity index is 827. The van der Waals surface area contributed by atoms with E-state index in [-0.39, 0.29) is 4.21 Å². The second kappa shape index (κ2) is 5.51. The molecule has 0 aliphatic heterocycles. The summed E-state index contributed by atoms with van der Waals surface area (Å²) in [6.45, 7) is 3.34. The number of aryl methyl sites for hydroxylation is 2. The Morgan fingerprint density at radius 1 is 1.35 bits per heavy atom. The standard InChI is InChI=1S/C11H10BrClN2O3S2/c1-5-3-7(12)9(4-8(5)13)15-20(17,18)10-6(2)14-11(16)19-10/h3-4,15H,1-2H3,(H,14,16). The van der Waals surface area contributed by atoms with Gasteiger partial charge in [-0.2, -0.15) is 0 Å². The first kappa shape index (κ1) is 15.6. The molecule has 0 aliphatic carbocycles. The molecule has 0 bridgehead atoms. The van der Waals surface area contributed by atoms with Crippen molar-refractivity contribution in [2.24, 2.45) is 0 Å². The number of H-pyrrole nitrogens is 1. The lowest BCUT2D eigenvalue weighted by Gasteiger charge is -2.10. The van der Waals surface area contributed by atoms with Crippen LogP contribution in [0.4, 0.5) is 5.69 Å². The maximum atomic E-state index is 12.3. The van der Waals surface area contributed by atoms with Crippen LogP contribution in [-0.4, -0.2) is 13.4 Å². The molecule has 0 saturated carbocycles. The molecule has 2 aromatic rings. The van der Waals surface area contributed by atoms with Crippen LogP contribution >= 0.6 is 38.9 Å². The number of hydrogen-bond donors (Lipinski definition) is 2. The fourth-order valence-electron chi connectivity index (χ4n) is 1.56. The number of anilines is 1. The summed E-state index contributed by atoms with van der Waals surface area (Å²) >= 11 is 9.91. The van der Waals surface area contributed by atoms with Crippen molar-refractivity contribution in [3.8, 4) is 0 Å². The Morgan fingerprint density at radius 3 is 2.55 bits per heavy atom. The Balaban J connectivity index is 2.46. The van der Waals surface area contributed by atoms with Crippen LogP contribution in [0.5, 0.6) is 0 Å². The zero-order valence-electron chi connectivity index (χ0n) is 10.5. The van der Waals surface area contributed by atoms with Crippen LogP contribution < -0.4 is 9.60 Å².